The molecule has 0 bridgehead atoms. The first-order valence-corrected chi connectivity index (χ1v) is 8.51. The van der Waals surface area contributed by atoms with E-state index < -0.39 is 0 Å². The Kier molecular flexibility index (Phi) is 4.81. The summed E-state index contributed by atoms with van der Waals surface area (Å²) in [6.45, 7) is 2.93. The van der Waals surface area contributed by atoms with Crippen molar-refractivity contribution in [1.82, 2.24) is 9.80 Å². The van der Waals surface area contributed by atoms with Gasteiger partial charge in [-0.25, -0.2) is 4.79 Å². The summed E-state index contributed by atoms with van der Waals surface area (Å²) in [5.74, 6) is 0.577. The van der Waals surface area contributed by atoms with Crippen molar-refractivity contribution in [3.8, 4) is 0 Å². The molecule has 1 N–H and O–H groups in total. The molecular weight excluding hydrogens is 321 g/mol. The van der Waals surface area contributed by atoms with E-state index in [1.807, 2.05) is 4.90 Å². The van der Waals surface area contributed by atoms with E-state index in [1.54, 1.807) is 18.2 Å². The number of nitrogens with one attached hydrogen (secondary N) is 1. The molecule has 2 unspecified atom stereocenters. The normalized spacial score (nSPS) is 25.7. The molecule has 0 radical (unpaired) electrons. The zero-order valence-corrected chi connectivity index (χ0v) is 14.2. The minimum atomic E-state index is -0.0663. The van der Waals surface area contributed by atoms with E-state index in [1.165, 1.54) is 6.42 Å². The average molecular weight is 342 g/mol. The number of amides is 2. The molecule has 4 nitrogen and oxygen atoms in total. The molecule has 2 aliphatic heterocycles. The van der Waals surface area contributed by atoms with E-state index in [2.05, 4.69) is 17.3 Å². The van der Waals surface area contributed by atoms with Crippen molar-refractivity contribution >= 4 is 34.9 Å². The van der Waals surface area contributed by atoms with Gasteiger partial charge in [0, 0.05) is 24.2 Å². The molecule has 0 aromatic heterocycles. The topological polar surface area (TPSA) is 35.6 Å². The highest BCUT2D eigenvalue weighted by Crippen LogP contribution is 2.31. The number of hydrogen-bond acceptors (Lipinski definition) is 2. The second-order valence-electron chi connectivity index (χ2n) is 6.27. The Hall–Kier alpha value is -0.970. The summed E-state index contributed by atoms with van der Waals surface area (Å²) in [5, 5.41) is 4.00. The summed E-state index contributed by atoms with van der Waals surface area (Å²) in [7, 11) is 2.15. The van der Waals surface area contributed by atoms with Crippen LogP contribution in [0.3, 0.4) is 0 Å². The number of piperidine rings is 2. The Bertz CT molecular complexity index is 566. The summed E-state index contributed by atoms with van der Waals surface area (Å²) in [5.41, 5.74) is 0.578. The second kappa shape index (κ2) is 6.65. The van der Waals surface area contributed by atoms with Crippen molar-refractivity contribution in [3.05, 3.63) is 28.2 Å². The zero-order valence-electron chi connectivity index (χ0n) is 12.7. The van der Waals surface area contributed by atoms with E-state index >= 15 is 0 Å². The largest absolute Gasteiger partial charge is 0.322 e. The standard InChI is InChI=1S/C16H21Cl2N3O/c1-20-8-6-15-11(10-20)3-2-7-21(15)16(22)19-14-9-12(17)4-5-13(14)18/h4-5,9,11,15H,2-3,6-8,10H2,1H3,(H,19,22). The third kappa shape index (κ3) is 3.34. The fraction of sp³-hybridized carbons (Fsp3) is 0.562. The van der Waals surface area contributed by atoms with Crippen molar-refractivity contribution in [2.75, 3.05) is 32.0 Å². The Labute approximate surface area is 141 Å². The maximum absolute atomic E-state index is 12.7. The number of carbonyl (C=O) groups is 1. The highest BCUT2D eigenvalue weighted by atomic mass is 35.5. The number of carbonyl (C=O) groups excluding carboxylic acids is 1. The fourth-order valence-corrected chi connectivity index (χ4v) is 3.95. The fourth-order valence-electron chi connectivity index (χ4n) is 3.62. The Morgan fingerprint density at radius 1 is 1.27 bits per heavy atom. The van der Waals surface area contributed by atoms with Crippen molar-refractivity contribution < 1.29 is 4.79 Å². The van der Waals surface area contributed by atoms with Crippen LogP contribution in [-0.2, 0) is 0 Å². The summed E-state index contributed by atoms with van der Waals surface area (Å²) < 4.78 is 0. The van der Waals surface area contributed by atoms with Gasteiger partial charge in [-0.3, -0.25) is 0 Å². The van der Waals surface area contributed by atoms with Gasteiger partial charge in [0.05, 0.1) is 10.7 Å². The van der Waals surface area contributed by atoms with Gasteiger partial charge >= 0.3 is 6.03 Å². The van der Waals surface area contributed by atoms with Gasteiger partial charge in [-0.1, -0.05) is 23.2 Å². The molecule has 2 saturated heterocycles. The van der Waals surface area contributed by atoms with Crippen LogP contribution in [0.1, 0.15) is 19.3 Å². The van der Waals surface area contributed by atoms with Crippen molar-refractivity contribution in [3.63, 3.8) is 0 Å². The molecule has 120 valence electrons. The minimum absolute atomic E-state index is 0.0663. The molecular formula is C16H21Cl2N3O. The van der Waals surface area contributed by atoms with Gasteiger partial charge in [-0.15, -0.1) is 0 Å². The number of nitrogens with zero attached hydrogens (tertiary/aromatic N) is 2. The molecule has 6 heteroatoms. The first-order valence-electron chi connectivity index (χ1n) is 7.76. The number of likely N-dealkylation sites (tertiary alicyclic amines) is 2. The molecule has 1 aromatic rings. The highest BCUT2D eigenvalue weighted by molar-refractivity contribution is 6.35. The van der Waals surface area contributed by atoms with Crippen LogP contribution < -0.4 is 5.32 Å². The van der Waals surface area contributed by atoms with Crippen molar-refractivity contribution in [2.45, 2.75) is 25.3 Å². The molecule has 0 aliphatic carbocycles. The number of anilines is 1. The molecule has 3 rings (SSSR count). The number of urea groups is 1. The van der Waals surface area contributed by atoms with E-state index in [9.17, 15) is 4.79 Å². The monoisotopic (exact) mass is 341 g/mol. The van der Waals surface area contributed by atoms with Crippen LogP contribution in [0.2, 0.25) is 10.0 Å². The number of halogens is 2. The van der Waals surface area contributed by atoms with Crippen molar-refractivity contribution in [2.24, 2.45) is 5.92 Å². The smallest absolute Gasteiger partial charge is 0.321 e. The molecule has 1 aromatic carbocycles. The first-order chi connectivity index (χ1) is 10.5. The van der Waals surface area contributed by atoms with E-state index in [-0.39, 0.29) is 6.03 Å². The summed E-state index contributed by atoms with van der Waals surface area (Å²) in [6.07, 6.45) is 3.31. The number of fused-ring (bicyclic) bond motifs is 1. The van der Waals surface area contributed by atoms with Crippen LogP contribution in [-0.4, -0.2) is 48.6 Å². The third-order valence-corrected chi connectivity index (χ3v) is 5.27. The quantitative estimate of drug-likeness (QED) is 0.839. The van der Waals surface area contributed by atoms with Gasteiger partial charge in [-0.05, 0) is 57.0 Å². The van der Waals surface area contributed by atoms with Crippen LogP contribution in [0.25, 0.3) is 0 Å². The SMILES string of the molecule is CN1CCC2C(CCCN2C(=O)Nc2cc(Cl)ccc2Cl)C1. The van der Waals surface area contributed by atoms with Gasteiger partial charge in [-0.2, -0.15) is 0 Å². The Balaban J connectivity index is 1.72. The van der Waals surface area contributed by atoms with Crippen LogP contribution in [0.5, 0.6) is 0 Å². The molecule has 22 heavy (non-hydrogen) atoms. The minimum Gasteiger partial charge on any atom is -0.321 e. The Morgan fingerprint density at radius 3 is 2.91 bits per heavy atom. The lowest BCUT2D eigenvalue weighted by Crippen LogP contribution is -2.56. The molecule has 2 heterocycles. The summed E-state index contributed by atoms with van der Waals surface area (Å²) in [6, 6.07) is 5.38. The van der Waals surface area contributed by atoms with Gasteiger partial charge in [0.25, 0.3) is 0 Å². The maximum Gasteiger partial charge on any atom is 0.322 e. The molecule has 2 fully saturated rings. The van der Waals surface area contributed by atoms with Crippen LogP contribution in [0.4, 0.5) is 10.5 Å². The number of rotatable bonds is 1. The average Bonchev–Trinajstić information content (AvgIpc) is 2.50. The predicted octanol–water partition coefficient (Wildman–Crippen LogP) is 3.94. The van der Waals surface area contributed by atoms with E-state index in [0.717, 1.165) is 32.5 Å². The van der Waals surface area contributed by atoms with E-state index in [0.29, 0.717) is 27.7 Å². The zero-order chi connectivity index (χ0) is 15.7. The number of hydrogen-bond donors (Lipinski definition) is 1. The predicted molar refractivity (Wildman–Crippen MR) is 90.8 cm³/mol. The summed E-state index contributed by atoms with van der Waals surface area (Å²) >= 11 is 12.1. The first kappa shape index (κ1) is 15.9. The molecule has 2 amide bonds. The van der Waals surface area contributed by atoms with Gasteiger partial charge in [0.1, 0.15) is 0 Å². The maximum atomic E-state index is 12.7. The van der Waals surface area contributed by atoms with Crippen LogP contribution in [0.15, 0.2) is 18.2 Å². The lowest BCUT2D eigenvalue weighted by Gasteiger charge is -2.46. The third-order valence-electron chi connectivity index (χ3n) is 4.70. The van der Waals surface area contributed by atoms with Gasteiger partial charge in [0.15, 0.2) is 0 Å². The summed E-state index contributed by atoms with van der Waals surface area (Å²) in [4.78, 5) is 17.0. The lowest BCUT2D eigenvalue weighted by molar-refractivity contribution is 0.0579. The number of benzene rings is 1. The van der Waals surface area contributed by atoms with Gasteiger partial charge < -0.3 is 15.1 Å². The van der Waals surface area contributed by atoms with Crippen molar-refractivity contribution in [1.29, 1.82) is 0 Å². The molecule has 0 spiro atoms. The van der Waals surface area contributed by atoms with Crippen LogP contribution in [0, 0.1) is 5.92 Å². The van der Waals surface area contributed by atoms with E-state index in [4.69, 9.17) is 23.2 Å². The Morgan fingerprint density at radius 2 is 2.09 bits per heavy atom. The second-order valence-corrected chi connectivity index (χ2v) is 7.11. The lowest BCUT2D eigenvalue weighted by atomic mass is 9.84. The van der Waals surface area contributed by atoms with Gasteiger partial charge in [0.2, 0.25) is 0 Å². The molecule has 2 atom stereocenters. The highest BCUT2D eigenvalue weighted by Gasteiger charge is 2.37. The molecule has 2 aliphatic rings. The van der Waals surface area contributed by atoms with Crippen LogP contribution >= 0.6 is 23.2 Å². The molecule has 0 saturated carbocycles.